The molecule has 3 nitrogen and oxygen atoms in total. The van der Waals surface area contributed by atoms with Crippen molar-refractivity contribution in [3.8, 4) is 0 Å². The lowest BCUT2D eigenvalue weighted by molar-refractivity contribution is 0.103. The Morgan fingerprint density at radius 2 is 2.12 bits per heavy atom. The van der Waals surface area contributed by atoms with Gasteiger partial charge < -0.3 is 5.32 Å². The molecule has 1 N–H and O–H groups in total. The topological polar surface area (TPSA) is 42.0 Å². The van der Waals surface area contributed by atoms with Gasteiger partial charge >= 0.3 is 0 Å². The Morgan fingerprint density at radius 3 is 2.82 bits per heavy atom. The second-order valence-electron chi connectivity index (χ2n) is 3.49. The zero-order valence-corrected chi connectivity index (χ0v) is 10.0. The highest BCUT2D eigenvalue weighted by Gasteiger charge is 2.13. The van der Waals surface area contributed by atoms with Crippen LogP contribution in [0.1, 0.15) is 15.9 Å². The predicted molar refractivity (Wildman–Crippen MR) is 68.7 cm³/mol. The van der Waals surface area contributed by atoms with E-state index in [2.05, 4.69) is 10.3 Å². The van der Waals surface area contributed by atoms with Gasteiger partial charge in [-0.2, -0.15) is 0 Å². The van der Waals surface area contributed by atoms with Gasteiger partial charge in [0, 0.05) is 23.8 Å². The van der Waals surface area contributed by atoms with Gasteiger partial charge in [-0.1, -0.05) is 23.7 Å². The molecule has 0 amide bonds. The van der Waals surface area contributed by atoms with Crippen molar-refractivity contribution in [2.75, 3.05) is 12.4 Å². The van der Waals surface area contributed by atoms with Crippen LogP contribution in [0.5, 0.6) is 0 Å². The maximum Gasteiger partial charge on any atom is 0.196 e. The summed E-state index contributed by atoms with van der Waals surface area (Å²) in [5.74, 6) is 0.474. The third-order valence-corrected chi connectivity index (χ3v) is 2.61. The Labute approximate surface area is 104 Å². The van der Waals surface area contributed by atoms with Crippen molar-refractivity contribution in [3.05, 3.63) is 58.7 Å². The summed E-state index contributed by atoms with van der Waals surface area (Å²) >= 11 is 5.87. The van der Waals surface area contributed by atoms with E-state index in [1.807, 2.05) is 0 Å². The lowest BCUT2D eigenvalue weighted by atomic mass is 10.0. The Bertz CT molecular complexity index is 555. The molecule has 2 aromatic rings. The van der Waals surface area contributed by atoms with E-state index >= 15 is 0 Å². The molecule has 1 aromatic carbocycles. The molecule has 0 unspecified atom stereocenters. The van der Waals surface area contributed by atoms with Gasteiger partial charge in [0.15, 0.2) is 5.78 Å². The van der Waals surface area contributed by atoms with Crippen LogP contribution in [0.3, 0.4) is 0 Å². The van der Waals surface area contributed by atoms with E-state index < -0.39 is 0 Å². The van der Waals surface area contributed by atoms with Crippen molar-refractivity contribution in [1.29, 1.82) is 0 Å². The number of nitrogens with one attached hydrogen (secondary N) is 1. The third-order valence-electron chi connectivity index (χ3n) is 2.38. The number of halogens is 1. The molecule has 4 heteroatoms. The van der Waals surface area contributed by atoms with Crippen molar-refractivity contribution in [3.63, 3.8) is 0 Å². The molecule has 0 aliphatic heterocycles. The van der Waals surface area contributed by atoms with Crippen molar-refractivity contribution < 1.29 is 4.79 Å². The number of anilines is 1. The molecular formula is C13H11ClN2O. The van der Waals surface area contributed by atoms with Crippen LogP contribution < -0.4 is 5.32 Å². The second kappa shape index (κ2) is 4.97. The van der Waals surface area contributed by atoms with Gasteiger partial charge in [-0.15, -0.1) is 0 Å². The molecular weight excluding hydrogens is 236 g/mol. The van der Waals surface area contributed by atoms with Crippen LogP contribution in [0, 0.1) is 0 Å². The fraction of sp³-hybridized carbons (Fsp3) is 0.0769. The minimum absolute atomic E-state index is 0.0926. The summed E-state index contributed by atoms with van der Waals surface area (Å²) in [6.07, 6.45) is 1.64. The van der Waals surface area contributed by atoms with Crippen LogP contribution in [-0.2, 0) is 0 Å². The molecule has 0 fully saturated rings. The lowest BCUT2D eigenvalue weighted by Crippen LogP contribution is -2.06. The number of pyridine rings is 1. The summed E-state index contributed by atoms with van der Waals surface area (Å²) in [5, 5.41) is 3.44. The van der Waals surface area contributed by atoms with Crippen LogP contribution in [-0.4, -0.2) is 17.8 Å². The van der Waals surface area contributed by atoms with Crippen LogP contribution in [0.4, 0.5) is 5.82 Å². The number of carbonyl (C=O) groups excluding carboxylic acids is 1. The standard InChI is InChI=1S/C13H11ClN2O/c1-15-13-11(6-3-7-16-13)12(17)9-4-2-5-10(14)8-9/h2-8H,1H3,(H,15,16). The molecule has 0 radical (unpaired) electrons. The first-order valence-electron chi connectivity index (χ1n) is 5.15. The molecule has 0 aliphatic rings. The number of nitrogens with zero attached hydrogens (tertiary/aromatic N) is 1. The summed E-state index contributed by atoms with van der Waals surface area (Å²) in [6.45, 7) is 0. The zero-order chi connectivity index (χ0) is 12.3. The molecule has 86 valence electrons. The molecule has 1 heterocycles. The molecule has 0 saturated carbocycles. The molecule has 1 aromatic heterocycles. The maximum absolute atomic E-state index is 12.2. The smallest absolute Gasteiger partial charge is 0.196 e. The summed E-state index contributed by atoms with van der Waals surface area (Å²) in [7, 11) is 1.73. The van der Waals surface area contributed by atoms with Crippen LogP contribution in [0.15, 0.2) is 42.6 Å². The number of hydrogen-bond acceptors (Lipinski definition) is 3. The number of hydrogen-bond donors (Lipinski definition) is 1. The average Bonchev–Trinajstić information content (AvgIpc) is 2.38. The molecule has 0 saturated heterocycles. The van der Waals surface area contributed by atoms with E-state index in [9.17, 15) is 4.79 Å². The summed E-state index contributed by atoms with van der Waals surface area (Å²) in [5.41, 5.74) is 1.10. The Kier molecular flexibility index (Phi) is 3.40. The predicted octanol–water partition coefficient (Wildman–Crippen LogP) is 3.01. The number of carbonyl (C=O) groups is 1. The van der Waals surface area contributed by atoms with Crippen LogP contribution in [0.2, 0.25) is 5.02 Å². The van der Waals surface area contributed by atoms with Crippen molar-refractivity contribution in [2.24, 2.45) is 0 Å². The highest BCUT2D eigenvalue weighted by atomic mass is 35.5. The summed E-state index contributed by atoms with van der Waals surface area (Å²) in [4.78, 5) is 16.3. The normalized spacial score (nSPS) is 10.0. The summed E-state index contributed by atoms with van der Waals surface area (Å²) in [6, 6.07) is 10.4. The zero-order valence-electron chi connectivity index (χ0n) is 9.27. The van der Waals surface area contributed by atoms with Crippen molar-refractivity contribution >= 4 is 23.2 Å². The Balaban J connectivity index is 2.44. The minimum atomic E-state index is -0.0926. The molecule has 0 bridgehead atoms. The van der Waals surface area contributed by atoms with Crippen LogP contribution >= 0.6 is 11.6 Å². The summed E-state index contributed by atoms with van der Waals surface area (Å²) < 4.78 is 0. The second-order valence-corrected chi connectivity index (χ2v) is 3.93. The number of benzene rings is 1. The van der Waals surface area contributed by atoms with Crippen LogP contribution in [0.25, 0.3) is 0 Å². The van der Waals surface area contributed by atoms with E-state index in [-0.39, 0.29) is 5.78 Å². The quantitative estimate of drug-likeness (QED) is 0.847. The fourth-order valence-corrected chi connectivity index (χ4v) is 1.76. The SMILES string of the molecule is CNc1ncccc1C(=O)c1cccc(Cl)c1. The first-order chi connectivity index (χ1) is 8.22. The first kappa shape index (κ1) is 11.6. The van der Waals surface area contributed by atoms with E-state index in [4.69, 9.17) is 11.6 Å². The van der Waals surface area contributed by atoms with Crippen molar-refractivity contribution in [2.45, 2.75) is 0 Å². The van der Waals surface area contributed by atoms with Gasteiger partial charge in [-0.25, -0.2) is 4.98 Å². The van der Waals surface area contributed by atoms with E-state index in [0.717, 1.165) is 0 Å². The number of aromatic nitrogens is 1. The van der Waals surface area contributed by atoms with E-state index in [1.54, 1.807) is 49.6 Å². The van der Waals surface area contributed by atoms with E-state index in [1.165, 1.54) is 0 Å². The molecule has 0 atom stereocenters. The highest BCUT2D eigenvalue weighted by Crippen LogP contribution is 2.18. The molecule has 2 rings (SSSR count). The van der Waals surface area contributed by atoms with Crippen molar-refractivity contribution in [1.82, 2.24) is 4.98 Å². The highest BCUT2D eigenvalue weighted by molar-refractivity contribution is 6.31. The Morgan fingerprint density at radius 1 is 1.29 bits per heavy atom. The van der Waals surface area contributed by atoms with E-state index in [0.29, 0.717) is 22.0 Å². The van der Waals surface area contributed by atoms with Gasteiger partial charge in [0.25, 0.3) is 0 Å². The Hall–Kier alpha value is -1.87. The van der Waals surface area contributed by atoms with Gasteiger partial charge in [-0.05, 0) is 24.3 Å². The molecule has 17 heavy (non-hydrogen) atoms. The number of rotatable bonds is 3. The average molecular weight is 247 g/mol. The largest absolute Gasteiger partial charge is 0.373 e. The van der Waals surface area contributed by atoms with Gasteiger partial charge in [0.1, 0.15) is 5.82 Å². The maximum atomic E-state index is 12.2. The molecule has 0 spiro atoms. The fourth-order valence-electron chi connectivity index (χ4n) is 1.57. The first-order valence-corrected chi connectivity index (χ1v) is 5.53. The number of ketones is 1. The monoisotopic (exact) mass is 246 g/mol. The minimum Gasteiger partial charge on any atom is -0.373 e. The molecule has 0 aliphatic carbocycles. The van der Waals surface area contributed by atoms with Gasteiger partial charge in [0.05, 0.1) is 5.56 Å². The lowest BCUT2D eigenvalue weighted by Gasteiger charge is -2.06. The van der Waals surface area contributed by atoms with Gasteiger partial charge in [0.2, 0.25) is 0 Å². The third kappa shape index (κ3) is 2.45. The van der Waals surface area contributed by atoms with Gasteiger partial charge in [-0.3, -0.25) is 4.79 Å².